The molecule has 106 valence electrons. The minimum absolute atomic E-state index is 0.00159. The monoisotopic (exact) mass is 303 g/mol. The smallest absolute Gasteiger partial charge is 0.404 e. The predicted octanol–water partition coefficient (Wildman–Crippen LogP) is 4.08. The summed E-state index contributed by atoms with van der Waals surface area (Å²) in [7, 11) is 0. The van der Waals surface area contributed by atoms with Gasteiger partial charge in [-0.2, -0.15) is 0 Å². The van der Waals surface area contributed by atoms with Gasteiger partial charge in [-0.3, -0.25) is 0 Å². The number of halogens is 4. The van der Waals surface area contributed by atoms with E-state index in [4.69, 9.17) is 11.6 Å². The number of hydrogen-bond acceptors (Lipinski definition) is 4. The fraction of sp³-hybridized carbons (Fsp3) is 0.167. The second kappa shape index (κ2) is 5.54. The molecule has 0 atom stereocenters. The van der Waals surface area contributed by atoms with Crippen molar-refractivity contribution in [1.29, 1.82) is 0 Å². The number of para-hydroxylation sites is 2. The van der Waals surface area contributed by atoms with Crippen molar-refractivity contribution in [3.8, 4) is 5.75 Å². The van der Waals surface area contributed by atoms with Crippen LogP contribution in [0.25, 0.3) is 0 Å². The van der Waals surface area contributed by atoms with Crippen LogP contribution in [-0.2, 0) is 0 Å². The molecule has 2 rings (SSSR count). The highest BCUT2D eigenvalue weighted by Gasteiger charge is 2.32. The lowest BCUT2D eigenvalue weighted by molar-refractivity contribution is -0.274. The Morgan fingerprint density at radius 1 is 1.20 bits per heavy atom. The molecule has 1 N–H and O–H groups in total. The Hall–Kier alpha value is -2.02. The van der Waals surface area contributed by atoms with Crippen molar-refractivity contribution in [2.75, 3.05) is 5.32 Å². The number of rotatable bonds is 3. The largest absolute Gasteiger partial charge is 0.573 e. The average Bonchev–Trinajstić information content (AvgIpc) is 2.28. The van der Waals surface area contributed by atoms with Crippen LogP contribution in [0.4, 0.5) is 24.7 Å². The van der Waals surface area contributed by atoms with Crippen molar-refractivity contribution in [1.82, 2.24) is 9.97 Å². The van der Waals surface area contributed by atoms with Crippen LogP contribution in [0.15, 0.2) is 30.3 Å². The third-order valence-corrected chi connectivity index (χ3v) is 2.37. The van der Waals surface area contributed by atoms with Crippen LogP contribution in [-0.4, -0.2) is 16.3 Å². The number of nitrogens with one attached hydrogen (secondary N) is 1. The predicted molar refractivity (Wildman–Crippen MR) is 68.2 cm³/mol. The summed E-state index contributed by atoms with van der Waals surface area (Å²) in [6.45, 7) is 1.69. The lowest BCUT2D eigenvalue weighted by atomic mass is 10.3. The molecule has 0 fully saturated rings. The number of aryl methyl sites for hydroxylation is 1. The summed E-state index contributed by atoms with van der Waals surface area (Å²) in [6, 6.07) is 7.19. The van der Waals surface area contributed by atoms with E-state index in [9.17, 15) is 13.2 Å². The summed E-state index contributed by atoms with van der Waals surface area (Å²) >= 11 is 5.69. The van der Waals surface area contributed by atoms with Crippen LogP contribution < -0.4 is 10.1 Å². The number of ether oxygens (including phenoxy) is 1. The Kier molecular flexibility index (Phi) is 3.99. The van der Waals surface area contributed by atoms with Gasteiger partial charge < -0.3 is 10.1 Å². The number of nitrogens with zero attached hydrogens (tertiary/aromatic N) is 2. The molecular weight excluding hydrogens is 295 g/mol. The molecule has 0 saturated carbocycles. The van der Waals surface area contributed by atoms with Crippen LogP contribution >= 0.6 is 11.6 Å². The standard InChI is InChI=1S/C12H9ClF3N3O/c1-7-6-10(19-11(13)17-7)18-8-4-2-3-5-9(8)20-12(14,15)16/h2-6H,1H3,(H,17,18,19). The Labute approximate surface area is 117 Å². The van der Waals surface area contributed by atoms with Gasteiger partial charge in [-0.15, -0.1) is 13.2 Å². The van der Waals surface area contributed by atoms with Crippen LogP contribution in [0.3, 0.4) is 0 Å². The van der Waals surface area contributed by atoms with E-state index in [0.717, 1.165) is 0 Å². The molecule has 2 aromatic rings. The third kappa shape index (κ3) is 3.99. The highest BCUT2D eigenvalue weighted by atomic mass is 35.5. The molecule has 1 heterocycles. The summed E-state index contributed by atoms with van der Waals surface area (Å²) in [5, 5.41) is 2.72. The fourth-order valence-corrected chi connectivity index (χ4v) is 1.74. The van der Waals surface area contributed by atoms with E-state index >= 15 is 0 Å². The van der Waals surface area contributed by atoms with E-state index < -0.39 is 6.36 Å². The Morgan fingerprint density at radius 3 is 2.55 bits per heavy atom. The SMILES string of the molecule is Cc1cc(Nc2ccccc2OC(F)(F)F)nc(Cl)n1. The molecule has 0 amide bonds. The normalized spacial score (nSPS) is 11.2. The van der Waals surface area contributed by atoms with E-state index in [1.807, 2.05) is 0 Å². The highest BCUT2D eigenvalue weighted by Crippen LogP contribution is 2.31. The molecule has 8 heteroatoms. The van der Waals surface area contributed by atoms with Gasteiger partial charge in [0.2, 0.25) is 5.28 Å². The van der Waals surface area contributed by atoms with Crippen molar-refractivity contribution >= 4 is 23.1 Å². The van der Waals surface area contributed by atoms with Crippen LogP contribution in [0.2, 0.25) is 5.28 Å². The molecular formula is C12H9ClF3N3O. The summed E-state index contributed by atoms with van der Waals surface area (Å²) in [5.41, 5.74) is 0.709. The topological polar surface area (TPSA) is 47.0 Å². The first kappa shape index (κ1) is 14.4. The van der Waals surface area contributed by atoms with Gasteiger partial charge in [0.25, 0.3) is 0 Å². The quantitative estimate of drug-likeness (QED) is 0.868. The van der Waals surface area contributed by atoms with Gasteiger partial charge in [0.15, 0.2) is 5.75 Å². The Morgan fingerprint density at radius 2 is 1.90 bits per heavy atom. The van der Waals surface area contributed by atoms with E-state index in [0.29, 0.717) is 5.69 Å². The molecule has 0 aliphatic rings. The van der Waals surface area contributed by atoms with E-state index in [-0.39, 0.29) is 22.5 Å². The van der Waals surface area contributed by atoms with Crippen molar-refractivity contribution in [2.24, 2.45) is 0 Å². The zero-order chi connectivity index (χ0) is 14.8. The average molecular weight is 304 g/mol. The Balaban J connectivity index is 2.29. The lowest BCUT2D eigenvalue weighted by Crippen LogP contribution is -2.17. The molecule has 0 aliphatic heterocycles. The summed E-state index contributed by atoms with van der Waals surface area (Å²) < 4.78 is 40.8. The first-order valence-electron chi connectivity index (χ1n) is 5.46. The molecule has 1 aromatic heterocycles. The van der Waals surface area contributed by atoms with Gasteiger partial charge in [0, 0.05) is 11.8 Å². The zero-order valence-corrected chi connectivity index (χ0v) is 11.0. The molecule has 0 saturated heterocycles. The number of alkyl halides is 3. The van der Waals surface area contributed by atoms with Crippen LogP contribution in [0.5, 0.6) is 5.75 Å². The van der Waals surface area contributed by atoms with E-state index in [2.05, 4.69) is 20.0 Å². The van der Waals surface area contributed by atoms with Gasteiger partial charge in [-0.05, 0) is 30.7 Å². The highest BCUT2D eigenvalue weighted by molar-refractivity contribution is 6.28. The number of benzene rings is 1. The van der Waals surface area contributed by atoms with Crippen molar-refractivity contribution in [3.63, 3.8) is 0 Å². The van der Waals surface area contributed by atoms with E-state index in [1.54, 1.807) is 19.1 Å². The van der Waals surface area contributed by atoms with E-state index in [1.165, 1.54) is 18.2 Å². The van der Waals surface area contributed by atoms with Crippen molar-refractivity contribution in [2.45, 2.75) is 13.3 Å². The minimum Gasteiger partial charge on any atom is -0.404 e. The van der Waals surface area contributed by atoms with Crippen molar-refractivity contribution < 1.29 is 17.9 Å². The maximum Gasteiger partial charge on any atom is 0.573 e. The molecule has 0 aliphatic carbocycles. The first-order valence-corrected chi connectivity index (χ1v) is 5.84. The molecule has 1 aromatic carbocycles. The summed E-state index contributed by atoms with van der Waals surface area (Å²) in [6.07, 6.45) is -4.77. The third-order valence-electron chi connectivity index (χ3n) is 2.20. The van der Waals surface area contributed by atoms with Gasteiger partial charge in [-0.25, -0.2) is 9.97 Å². The Bertz CT molecular complexity index is 599. The summed E-state index contributed by atoms with van der Waals surface area (Å²) in [5.74, 6) is -0.0758. The molecule has 0 radical (unpaired) electrons. The molecule has 20 heavy (non-hydrogen) atoms. The zero-order valence-electron chi connectivity index (χ0n) is 10.2. The number of hydrogen-bond donors (Lipinski definition) is 1. The second-order valence-electron chi connectivity index (χ2n) is 3.83. The summed E-state index contributed by atoms with van der Waals surface area (Å²) in [4.78, 5) is 7.73. The number of anilines is 2. The second-order valence-corrected chi connectivity index (χ2v) is 4.17. The van der Waals surface area contributed by atoms with Crippen molar-refractivity contribution in [3.05, 3.63) is 41.3 Å². The molecule has 0 bridgehead atoms. The fourth-order valence-electron chi connectivity index (χ4n) is 1.52. The maximum atomic E-state index is 12.3. The molecule has 0 unspecified atom stereocenters. The van der Waals surface area contributed by atoms with Gasteiger partial charge >= 0.3 is 6.36 Å². The van der Waals surface area contributed by atoms with Gasteiger partial charge in [0.05, 0.1) is 5.69 Å². The minimum atomic E-state index is -4.77. The molecule has 0 spiro atoms. The van der Waals surface area contributed by atoms with Gasteiger partial charge in [-0.1, -0.05) is 12.1 Å². The van der Waals surface area contributed by atoms with Crippen LogP contribution in [0, 0.1) is 6.92 Å². The van der Waals surface area contributed by atoms with Gasteiger partial charge in [0.1, 0.15) is 5.82 Å². The lowest BCUT2D eigenvalue weighted by Gasteiger charge is -2.14. The number of aromatic nitrogens is 2. The maximum absolute atomic E-state index is 12.3. The van der Waals surface area contributed by atoms with Crippen LogP contribution in [0.1, 0.15) is 5.69 Å². The first-order chi connectivity index (χ1) is 9.33. The molecule has 4 nitrogen and oxygen atoms in total.